The van der Waals surface area contributed by atoms with E-state index in [9.17, 15) is 9.59 Å². The molecule has 2 aromatic rings. The Morgan fingerprint density at radius 1 is 1.07 bits per heavy atom. The first-order valence-electron chi connectivity index (χ1n) is 8.84. The van der Waals surface area contributed by atoms with Crippen molar-refractivity contribution in [2.75, 3.05) is 24.5 Å². The van der Waals surface area contributed by atoms with Gasteiger partial charge >= 0.3 is 0 Å². The molecule has 0 spiro atoms. The predicted molar refractivity (Wildman–Crippen MR) is 115 cm³/mol. The van der Waals surface area contributed by atoms with Crippen molar-refractivity contribution in [1.82, 2.24) is 10.7 Å². The maximum absolute atomic E-state index is 12.1. The van der Waals surface area contributed by atoms with Crippen molar-refractivity contribution in [1.29, 1.82) is 0 Å². The van der Waals surface area contributed by atoms with Crippen LogP contribution in [-0.2, 0) is 4.79 Å². The third kappa shape index (κ3) is 6.25. The molecular weight excluding hydrogens is 399 g/mol. The summed E-state index contributed by atoms with van der Waals surface area (Å²) >= 11 is 11.8. The van der Waals surface area contributed by atoms with Crippen LogP contribution in [0.25, 0.3) is 0 Å². The molecular formula is C20H22Cl2N4O2. The van der Waals surface area contributed by atoms with Crippen molar-refractivity contribution in [3.05, 3.63) is 63.6 Å². The minimum Gasteiger partial charge on any atom is -0.372 e. The smallest absolute Gasteiger partial charge is 0.259 e. The summed E-state index contributed by atoms with van der Waals surface area (Å²) in [6.45, 7) is 5.85. The molecule has 0 saturated heterocycles. The Morgan fingerprint density at radius 3 is 2.39 bits per heavy atom. The normalized spacial score (nSPS) is 10.7. The fourth-order valence-corrected chi connectivity index (χ4v) is 2.88. The molecule has 0 radical (unpaired) electrons. The first-order chi connectivity index (χ1) is 13.4. The van der Waals surface area contributed by atoms with E-state index in [1.165, 1.54) is 12.1 Å². The van der Waals surface area contributed by atoms with Crippen LogP contribution in [-0.4, -0.2) is 37.7 Å². The molecule has 28 heavy (non-hydrogen) atoms. The quantitative estimate of drug-likeness (QED) is 0.504. The molecule has 2 rings (SSSR count). The molecule has 6 nitrogen and oxygen atoms in total. The third-order valence-electron chi connectivity index (χ3n) is 4.01. The van der Waals surface area contributed by atoms with E-state index >= 15 is 0 Å². The van der Waals surface area contributed by atoms with Crippen LogP contribution in [0.3, 0.4) is 0 Å². The molecule has 0 bridgehead atoms. The highest BCUT2D eigenvalue weighted by atomic mass is 35.5. The van der Waals surface area contributed by atoms with Gasteiger partial charge in [0.25, 0.3) is 11.8 Å². The summed E-state index contributed by atoms with van der Waals surface area (Å²) in [5.41, 5.74) is 4.56. The summed E-state index contributed by atoms with van der Waals surface area (Å²) in [6, 6.07) is 12.4. The van der Waals surface area contributed by atoms with E-state index in [-0.39, 0.29) is 17.1 Å². The highest BCUT2D eigenvalue weighted by Gasteiger charge is 2.12. The van der Waals surface area contributed by atoms with Crippen LogP contribution in [0.2, 0.25) is 10.0 Å². The maximum Gasteiger partial charge on any atom is 0.259 e. The predicted octanol–water partition coefficient (Wildman–Crippen LogP) is 3.72. The zero-order chi connectivity index (χ0) is 20.5. The second-order valence-electron chi connectivity index (χ2n) is 5.86. The topological polar surface area (TPSA) is 73.8 Å². The van der Waals surface area contributed by atoms with Crippen LogP contribution in [0.1, 0.15) is 29.8 Å². The number of hydrogen-bond donors (Lipinski definition) is 2. The van der Waals surface area contributed by atoms with Crippen LogP contribution in [0.15, 0.2) is 47.6 Å². The van der Waals surface area contributed by atoms with Crippen molar-refractivity contribution in [3.63, 3.8) is 0 Å². The van der Waals surface area contributed by atoms with E-state index in [1.54, 1.807) is 12.3 Å². The molecule has 0 aliphatic rings. The summed E-state index contributed by atoms with van der Waals surface area (Å²) in [7, 11) is 0. The van der Waals surface area contributed by atoms with E-state index in [0.717, 1.165) is 24.3 Å². The van der Waals surface area contributed by atoms with Crippen molar-refractivity contribution < 1.29 is 9.59 Å². The molecule has 8 heteroatoms. The van der Waals surface area contributed by atoms with Gasteiger partial charge in [0, 0.05) is 23.8 Å². The summed E-state index contributed by atoms with van der Waals surface area (Å²) in [4.78, 5) is 26.1. The summed E-state index contributed by atoms with van der Waals surface area (Å²) in [5.74, 6) is -0.943. The van der Waals surface area contributed by atoms with Crippen LogP contribution >= 0.6 is 23.2 Å². The van der Waals surface area contributed by atoms with Gasteiger partial charge in [-0.1, -0.05) is 35.3 Å². The van der Waals surface area contributed by atoms with E-state index in [4.69, 9.17) is 23.2 Å². The molecule has 2 amide bonds. The van der Waals surface area contributed by atoms with Gasteiger partial charge in [0.1, 0.15) is 0 Å². The lowest BCUT2D eigenvalue weighted by Gasteiger charge is -2.20. The number of hydrogen-bond acceptors (Lipinski definition) is 4. The number of nitrogens with one attached hydrogen (secondary N) is 2. The van der Waals surface area contributed by atoms with E-state index in [1.807, 2.05) is 24.3 Å². The number of nitrogens with zero attached hydrogens (tertiary/aromatic N) is 2. The molecule has 0 atom stereocenters. The minimum absolute atomic E-state index is 0.207. The largest absolute Gasteiger partial charge is 0.372 e. The first kappa shape index (κ1) is 21.7. The van der Waals surface area contributed by atoms with Crippen molar-refractivity contribution in [2.45, 2.75) is 13.8 Å². The zero-order valence-corrected chi connectivity index (χ0v) is 17.2. The van der Waals surface area contributed by atoms with Crippen molar-refractivity contribution >= 4 is 46.9 Å². The van der Waals surface area contributed by atoms with Crippen LogP contribution in [0.4, 0.5) is 5.69 Å². The summed E-state index contributed by atoms with van der Waals surface area (Å²) < 4.78 is 0. The SMILES string of the molecule is CCN(CC)c1ccc(/C=N\NC(=O)CNC(=O)c2cc(Cl)ccc2Cl)cc1. The number of hydrazone groups is 1. The molecule has 0 heterocycles. The Labute approximate surface area is 174 Å². The minimum atomic E-state index is -0.487. The van der Waals surface area contributed by atoms with Gasteiger partial charge in [-0.15, -0.1) is 0 Å². The summed E-state index contributed by atoms with van der Waals surface area (Å²) in [6.07, 6.45) is 1.54. The number of benzene rings is 2. The molecule has 2 aromatic carbocycles. The Kier molecular flexibility index (Phi) is 8.29. The fourth-order valence-electron chi connectivity index (χ4n) is 2.51. The Bertz CT molecular complexity index is 850. The Balaban J connectivity index is 1.83. The third-order valence-corrected chi connectivity index (χ3v) is 4.57. The lowest BCUT2D eigenvalue weighted by molar-refractivity contribution is -0.120. The fraction of sp³-hybridized carbons (Fsp3) is 0.250. The second-order valence-corrected chi connectivity index (χ2v) is 6.71. The number of halogens is 2. The zero-order valence-electron chi connectivity index (χ0n) is 15.7. The summed E-state index contributed by atoms with van der Waals surface area (Å²) in [5, 5.41) is 7.02. The molecule has 148 valence electrons. The number of carbonyl (C=O) groups is 2. The standard InChI is InChI=1S/C20H22Cl2N4O2/c1-3-26(4-2)16-8-5-14(6-9-16)12-24-25-19(27)13-23-20(28)17-11-15(21)7-10-18(17)22/h5-12H,3-4,13H2,1-2H3,(H,23,28)(H,25,27)/b24-12-. The molecule has 0 fully saturated rings. The number of carbonyl (C=O) groups excluding carboxylic acids is 2. The molecule has 2 N–H and O–H groups in total. The molecule has 0 aromatic heterocycles. The van der Waals surface area contributed by atoms with E-state index in [0.29, 0.717) is 5.02 Å². The van der Waals surface area contributed by atoms with Crippen LogP contribution in [0.5, 0.6) is 0 Å². The monoisotopic (exact) mass is 420 g/mol. The van der Waals surface area contributed by atoms with Crippen molar-refractivity contribution in [2.24, 2.45) is 5.10 Å². The van der Waals surface area contributed by atoms with Gasteiger partial charge in [-0.25, -0.2) is 5.43 Å². The lowest BCUT2D eigenvalue weighted by Crippen LogP contribution is -2.35. The molecule has 0 saturated carbocycles. The van der Waals surface area contributed by atoms with Crippen LogP contribution in [0, 0.1) is 0 Å². The van der Waals surface area contributed by atoms with Gasteiger partial charge < -0.3 is 10.2 Å². The van der Waals surface area contributed by atoms with Gasteiger partial charge in [-0.3, -0.25) is 9.59 Å². The Morgan fingerprint density at radius 2 is 1.75 bits per heavy atom. The van der Waals surface area contributed by atoms with Gasteiger partial charge in [0.2, 0.25) is 0 Å². The number of rotatable bonds is 8. The maximum atomic E-state index is 12.1. The van der Waals surface area contributed by atoms with Gasteiger partial charge in [-0.2, -0.15) is 5.10 Å². The molecule has 0 aliphatic carbocycles. The number of amides is 2. The average Bonchev–Trinajstić information content (AvgIpc) is 2.70. The second kappa shape index (κ2) is 10.7. The molecule has 0 aliphatic heterocycles. The lowest BCUT2D eigenvalue weighted by atomic mass is 10.2. The van der Waals surface area contributed by atoms with Crippen LogP contribution < -0.4 is 15.6 Å². The number of anilines is 1. The van der Waals surface area contributed by atoms with Crippen molar-refractivity contribution in [3.8, 4) is 0 Å². The van der Waals surface area contributed by atoms with E-state index < -0.39 is 11.8 Å². The first-order valence-corrected chi connectivity index (χ1v) is 9.60. The van der Waals surface area contributed by atoms with Gasteiger partial charge in [0.15, 0.2) is 0 Å². The highest BCUT2D eigenvalue weighted by Crippen LogP contribution is 2.20. The van der Waals surface area contributed by atoms with Gasteiger partial charge in [-0.05, 0) is 49.7 Å². The Hall–Kier alpha value is -2.57. The van der Waals surface area contributed by atoms with Gasteiger partial charge in [0.05, 0.1) is 23.3 Å². The van der Waals surface area contributed by atoms with E-state index in [2.05, 4.69) is 34.6 Å². The average molecular weight is 421 g/mol. The molecule has 0 unspecified atom stereocenters. The highest BCUT2D eigenvalue weighted by molar-refractivity contribution is 6.35.